The molecule has 0 spiro atoms. The summed E-state index contributed by atoms with van der Waals surface area (Å²) >= 11 is 0. The zero-order chi connectivity index (χ0) is 23.5. The predicted octanol–water partition coefficient (Wildman–Crippen LogP) is 2.93. The highest BCUT2D eigenvalue weighted by Crippen LogP contribution is 2.32. The minimum atomic E-state index is -0.470. The van der Waals surface area contributed by atoms with Gasteiger partial charge in [0.2, 0.25) is 5.91 Å². The number of para-hydroxylation sites is 1. The first-order chi connectivity index (χ1) is 16.6. The number of benzene rings is 2. The number of urea groups is 1. The summed E-state index contributed by atoms with van der Waals surface area (Å²) in [6.45, 7) is 0.491. The van der Waals surface area contributed by atoms with Gasteiger partial charge in [0.15, 0.2) is 12.4 Å². The fourth-order valence-electron chi connectivity index (χ4n) is 4.19. The number of hydrogen-bond donors (Lipinski definition) is 1. The van der Waals surface area contributed by atoms with E-state index in [1.54, 1.807) is 29.2 Å². The Morgan fingerprint density at radius 1 is 1.12 bits per heavy atom. The number of piperidine rings is 1. The van der Waals surface area contributed by atoms with Crippen LogP contribution < -0.4 is 15.0 Å². The number of nitrogens with zero attached hydrogens (tertiary/aromatic N) is 4. The highest BCUT2D eigenvalue weighted by molar-refractivity contribution is 6.12. The summed E-state index contributed by atoms with van der Waals surface area (Å²) in [7, 11) is 0. The van der Waals surface area contributed by atoms with Crippen molar-refractivity contribution in [1.82, 2.24) is 20.4 Å². The summed E-state index contributed by atoms with van der Waals surface area (Å²) in [4.78, 5) is 44.1. The van der Waals surface area contributed by atoms with E-state index in [2.05, 4.69) is 15.5 Å². The Hall–Kier alpha value is -4.21. The summed E-state index contributed by atoms with van der Waals surface area (Å²) in [6.07, 6.45) is 2.58. The van der Waals surface area contributed by atoms with Crippen LogP contribution >= 0.6 is 0 Å². The zero-order valence-electron chi connectivity index (χ0n) is 18.3. The van der Waals surface area contributed by atoms with E-state index >= 15 is 0 Å². The third-order valence-electron chi connectivity index (χ3n) is 5.87. The van der Waals surface area contributed by atoms with E-state index in [1.165, 1.54) is 4.90 Å². The van der Waals surface area contributed by atoms with Crippen LogP contribution in [0.15, 0.2) is 59.1 Å². The third-order valence-corrected chi connectivity index (χ3v) is 5.87. The molecule has 2 fully saturated rings. The van der Waals surface area contributed by atoms with Gasteiger partial charge in [-0.05, 0) is 49.6 Å². The molecule has 2 aliphatic rings. The summed E-state index contributed by atoms with van der Waals surface area (Å²) in [5, 5.41) is 6.41. The van der Waals surface area contributed by atoms with E-state index in [1.807, 2.05) is 30.3 Å². The SMILES string of the molecule is O=C1CN(c2cccc(-c3nc(C4CCCCN4C(=O)COc4ccccc4)no3)c2)C(=O)N1. The molecule has 3 aromatic rings. The van der Waals surface area contributed by atoms with Gasteiger partial charge in [-0.25, -0.2) is 4.79 Å². The molecule has 0 radical (unpaired) electrons. The number of aromatic nitrogens is 2. The van der Waals surface area contributed by atoms with Gasteiger partial charge in [0.25, 0.3) is 11.8 Å². The van der Waals surface area contributed by atoms with Gasteiger partial charge < -0.3 is 14.2 Å². The fourth-order valence-corrected chi connectivity index (χ4v) is 4.19. The molecule has 0 saturated carbocycles. The zero-order valence-corrected chi connectivity index (χ0v) is 18.3. The molecule has 34 heavy (non-hydrogen) atoms. The van der Waals surface area contributed by atoms with Crippen molar-refractivity contribution in [1.29, 1.82) is 0 Å². The maximum Gasteiger partial charge on any atom is 0.329 e. The van der Waals surface area contributed by atoms with Crippen molar-refractivity contribution < 1.29 is 23.6 Å². The second-order valence-corrected chi connectivity index (χ2v) is 8.15. The molecule has 0 bridgehead atoms. The number of carbonyl (C=O) groups excluding carboxylic acids is 3. The molecule has 174 valence electrons. The number of hydrogen-bond acceptors (Lipinski definition) is 7. The highest BCUT2D eigenvalue weighted by atomic mass is 16.5. The van der Waals surface area contributed by atoms with Crippen LogP contribution in [-0.2, 0) is 9.59 Å². The number of imide groups is 1. The third kappa shape index (κ3) is 4.47. The molecule has 4 amide bonds. The van der Waals surface area contributed by atoms with Crippen LogP contribution in [0.4, 0.5) is 10.5 Å². The molecule has 10 heteroatoms. The highest BCUT2D eigenvalue weighted by Gasteiger charge is 2.32. The van der Waals surface area contributed by atoms with Crippen molar-refractivity contribution in [2.45, 2.75) is 25.3 Å². The van der Waals surface area contributed by atoms with Crippen LogP contribution in [0.25, 0.3) is 11.5 Å². The average molecular weight is 461 g/mol. The minimum Gasteiger partial charge on any atom is -0.484 e. The molecule has 0 aliphatic carbocycles. The van der Waals surface area contributed by atoms with E-state index in [0.29, 0.717) is 29.4 Å². The number of nitrogens with one attached hydrogen (secondary N) is 1. The van der Waals surface area contributed by atoms with Crippen LogP contribution in [0.2, 0.25) is 0 Å². The smallest absolute Gasteiger partial charge is 0.329 e. The molecule has 3 heterocycles. The van der Waals surface area contributed by atoms with Crippen LogP contribution in [0.1, 0.15) is 31.1 Å². The maximum atomic E-state index is 12.9. The van der Waals surface area contributed by atoms with E-state index in [9.17, 15) is 14.4 Å². The summed E-state index contributed by atoms with van der Waals surface area (Å²) in [5.74, 6) is 0.864. The molecule has 2 saturated heterocycles. The minimum absolute atomic E-state index is 0.0401. The maximum absolute atomic E-state index is 12.9. The first kappa shape index (κ1) is 21.6. The van der Waals surface area contributed by atoms with E-state index in [0.717, 1.165) is 19.3 Å². The number of anilines is 1. The normalized spacial score (nSPS) is 18.2. The quantitative estimate of drug-likeness (QED) is 0.561. The van der Waals surface area contributed by atoms with E-state index < -0.39 is 6.03 Å². The predicted molar refractivity (Wildman–Crippen MR) is 121 cm³/mol. The van der Waals surface area contributed by atoms with Crippen LogP contribution in [0, 0.1) is 0 Å². The van der Waals surface area contributed by atoms with Gasteiger partial charge in [-0.1, -0.05) is 29.4 Å². The van der Waals surface area contributed by atoms with Crippen LogP contribution in [0.5, 0.6) is 5.75 Å². The largest absolute Gasteiger partial charge is 0.484 e. The molecule has 2 aromatic carbocycles. The lowest BCUT2D eigenvalue weighted by Crippen LogP contribution is -2.41. The van der Waals surface area contributed by atoms with E-state index in [4.69, 9.17) is 9.26 Å². The Kier molecular flexibility index (Phi) is 5.94. The standard InChI is InChI=1S/C24H23N5O5/c30-20-14-29(24(32)25-20)17-8-6-7-16(13-17)23-26-22(27-34-23)19-11-4-5-12-28(19)21(31)15-33-18-9-2-1-3-10-18/h1-3,6-10,13,19H,4-5,11-12,14-15H2,(H,25,30,32). The van der Waals surface area contributed by atoms with Crippen molar-refractivity contribution in [3.63, 3.8) is 0 Å². The Morgan fingerprint density at radius 3 is 2.76 bits per heavy atom. The van der Waals surface area contributed by atoms with Crippen LogP contribution in [-0.4, -0.2) is 52.6 Å². The molecule has 1 atom stereocenters. The molecule has 2 aliphatic heterocycles. The van der Waals surface area contributed by atoms with Gasteiger partial charge in [0.1, 0.15) is 12.3 Å². The lowest BCUT2D eigenvalue weighted by atomic mass is 10.0. The molecular formula is C24H23N5O5. The summed E-state index contributed by atoms with van der Waals surface area (Å²) in [6, 6.07) is 15.4. The molecule has 1 aromatic heterocycles. The molecule has 5 rings (SSSR count). The van der Waals surface area contributed by atoms with Gasteiger partial charge in [-0.3, -0.25) is 19.8 Å². The molecule has 1 N–H and O–H groups in total. The first-order valence-electron chi connectivity index (χ1n) is 11.1. The first-order valence-corrected chi connectivity index (χ1v) is 11.1. The van der Waals surface area contributed by atoms with Crippen LogP contribution in [0.3, 0.4) is 0 Å². The average Bonchev–Trinajstić information content (AvgIpc) is 3.49. The molecule has 10 nitrogen and oxygen atoms in total. The Balaban J connectivity index is 1.32. The van der Waals surface area contributed by atoms with Gasteiger partial charge >= 0.3 is 6.03 Å². The van der Waals surface area contributed by atoms with Crippen molar-refractivity contribution in [3.8, 4) is 17.2 Å². The van der Waals surface area contributed by atoms with Crippen molar-refractivity contribution in [3.05, 3.63) is 60.4 Å². The second kappa shape index (κ2) is 9.34. The van der Waals surface area contributed by atoms with Gasteiger partial charge in [-0.15, -0.1) is 0 Å². The Labute approximate surface area is 195 Å². The van der Waals surface area contributed by atoms with Gasteiger partial charge in [0, 0.05) is 17.8 Å². The number of rotatable bonds is 6. The van der Waals surface area contributed by atoms with Gasteiger partial charge in [-0.2, -0.15) is 4.98 Å². The van der Waals surface area contributed by atoms with Crippen molar-refractivity contribution in [2.75, 3.05) is 24.6 Å². The van der Waals surface area contributed by atoms with Gasteiger partial charge in [0.05, 0.1) is 6.04 Å². The monoisotopic (exact) mass is 461 g/mol. The number of ether oxygens (including phenoxy) is 1. The Bertz CT molecular complexity index is 1210. The fraction of sp³-hybridized carbons (Fsp3) is 0.292. The van der Waals surface area contributed by atoms with E-state index in [-0.39, 0.29) is 36.9 Å². The molecular weight excluding hydrogens is 438 g/mol. The Morgan fingerprint density at radius 2 is 1.97 bits per heavy atom. The summed E-state index contributed by atoms with van der Waals surface area (Å²) < 4.78 is 11.2. The van der Waals surface area contributed by atoms with Crippen molar-refractivity contribution >= 4 is 23.5 Å². The topological polar surface area (TPSA) is 118 Å². The number of amides is 4. The summed E-state index contributed by atoms with van der Waals surface area (Å²) in [5.41, 5.74) is 1.16. The molecule has 1 unspecified atom stereocenters. The van der Waals surface area contributed by atoms with Crippen molar-refractivity contribution in [2.24, 2.45) is 0 Å². The lowest BCUT2D eigenvalue weighted by Gasteiger charge is -2.33. The second-order valence-electron chi connectivity index (χ2n) is 8.15. The number of likely N-dealkylation sites (tertiary alicyclic amines) is 1. The lowest BCUT2D eigenvalue weighted by molar-refractivity contribution is -0.137. The number of carbonyl (C=O) groups is 3.